The molecule has 0 saturated carbocycles. The zero-order valence-electron chi connectivity index (χ0n) is 13.8. The van der Waals surface area contributed by atoms with E-state index in [1.807, 2.05) is 26.0 Å². The third-order valence-corrected chi connectivity index (χ3v) is 4.19. The Kier molecular flexibility index (Phi) is 7.01. The van der Waals surface area contributed by atoms with E-state index in [9.17, 15) is 9.59 Å². The monoisotopic (exact) mass is 468 g/mol. The molecule has 2 N–H and O–H groups in total. The molecule has 0 unspecified atom stereocenters. The molecule has 0 bridgehead atoms. The van der Waals surface area contributed by atoms with Crippen molar-refractivity contribution in [1.82, 2.24) is 5.32 Å². The predicted octanol–water partition coefficient (Wildman–Crippen LogP) is 4.37. The Morgan fingerprint density at radius 3 is 2.56 bits per heavy atom. The van der Waals surface area contributed by atoms with Gasteiger partial charge in [-0.2, -0.15) is 0 Å². The topological polar surface area (TPSA) is 67.4 Å². The zero-order chi connectivity index (χ0) is 18.4. The van der Waals surface area contributed by atoms with Crippen LogP contribution in [0.25, 0.3) is 0 Å². The third kappa shape index (κ3) is 6.17. The van der Waals surface area contributed by atoms with Gasteiger partial charge in [0.1, 0.15) is 5.75 Å². The normalized spacial score (nSPS) is 10.4. The van der Waals surface area contributed by atoms with E-state index in [0.29, 0.717) is 17.0 Å². The third-order valence-electron chi connectivity index (χ3n) is 3.08. The smallest absolute Gasteiger partial charge is 0.262 e. The van der Waals surface area contributed by atoms with Crippen molar-refractivity contribution in [2.24, 2.45) is 0 Å². The van der Waals surface area contributed by atoms with Crippen LogP contribution in [0.3, 0.4) is 0 Å². The Balaban J connectivity index is 1.95. The van der Waals surface area contributed by atoms with Crippen LogP contribution in [0.15, 0.2) is 51.4 Å². The molecule has 0 fully saturated rings. The van der Waals surface area contributed by atoms with Crippen LogP contribution in [-0.2, 0) is 4.79 Å². The minimum atomic E-state index is -0.309. The SMILES string of the molecule is CC(C)NC(=O)c1cccc(NC(=O)COc2ccc(Br)cc2Br)c1. The number of nitrogens with one attached hydrogen (secondary N) is 2. The van der Waals surface area contributed by atoms with Crippen molar-refractivity contribution in [2.75, 3.05) is 11.9 Å². The van der Waals surface area contributed by atoms with Gasteiger partial charge in [0, 0.05) is 21.8 Å². The summed E-state index contributed by atoms with van der Waals surface area (Å²) >= 11 is 6.73. The summed E-state index contributed by atoms with van der Waals surface area (Å²) in [4.78, 5) is 24.1. The van der Waals surface area contributed by atoms with E-state index in [1.165, 1.54) is 0 Å². The summed E-state index contributed by atoms with van der Waals surface area (Å²) in [6.07, 6.45) is 0. The highest BCUT2D eigenvalue weighted by molar-refractivity contribution is 9.11. The summed E-state index contributed by atoms with van der Waals surface area (Å²) in [7, 11) is 0. The first-order valence-electron chi connectivity index (χ1n) is 7.64. The predicted molar refractivity (Wildman–Crippen MR) is 105 cm³/mol. The number of amides is 2. The molecular weight excluding hydrogens is 452 g/mol. The van der Waals surface area contributed by atoms with E-state index in [2.05, 4.69) is 42.5 Å². The second kappa shape index (κ2) is 9.01. The van der Waals surface area contributed by atoms with E-state index in [-0.39, 0.29) is 24.5 Å². The molecular formula is C18H18Br2N2O3. The molecule has 0 radical (unpaired) electrons. The lowest BCUT2D eigenvalue weighted by molar-refractivity contribution is -0.118. The molecule has 0 aliphatic heterocycles. The second-order valence-electron chi connectivity index (χ2n) is 5.62. The number of carbonyl (C=O) groups is 2. The Hall–Kier alpha value is -1.86. The van der Waals surface area contributed by atoms with Gasteiger partial charge in [-0.05, 0) is 66.2 Å². The van der Waals surface area contributed by atoms with Gasteiger partial charge < -0.3 is 15.4 Å². The molecule has 0 aromatic heterocycles. The molecule has 0 heterocycles. The molecule has 7 heteroatoms. The summed E-state index contributed by atoms with van der Waals surface area (Å²) in [5.74, 6) is 0.0841. The first-order chi connectivity index (χ1) is 11.8. The van der Waals surface area contributed by atoms with Gasteiger partial charge in [-0.1, -0.05) is 22.0 Å². The minimum Gasteiger partial charge on any atom is -0.483 e. The van der Waals surface area contributed by atoms with Crippen LogP contribution in [0.2, 0.25) is 0 Å². The van der Waals surface area contributed by atoms with Crippen molar-refractivity contribution >= 4 is 49.4 Å². The van der Waals surface area contributed by atoms with E-state index < -0.39 is 0 Å². The van der Waals surface area contributed by atoms with E-state index in [1.54, 1.807) is 30.3 Å². The molecule has 2 amide bonds. The molecule has 0 aliphatic carbocycles. The van der Waals surface area contributed by atoms with Gasteiger partial charge in [-0.15, -0.1) is 0 Å². The van der Waals surface area contributed by atoms with Crippen LogP contribution in [0.4, 0.5) is 5.69 Å². The highest BCUT2D eigenvalue weighted by atomic mass is 79.9. The van der Waals surface area contributed by atoms with Crippen molar-refractivity contribution in [1.29, 1.82) is 0 Å². The lowest BCUT2D eigenvalue weighted by Crippen LogP contribution is -2.30. The number of benzene rings is 2. The lowest BCUT2D eigenvalue weighted by Gasteiger charge is -2.11. The molecule has 2 aromatic carbocycles. The molecule has 5 nitrogen and oxygen atoms in total. The lowest BCUT2D eigenvalue weighted by atomic mass is 10.2. The number of hydrogen-bond donors (Lipinski definition) is 2. The van der Waals surface area contributed by atoms with Gasteiger partial charge in [-0.3, -0.25) is 9.59 Å². The molecule has 2 aromatic rings. The van der Waals surface area contributed by atoms with E-state index in [0.717, 1.165) is 8.95 Å². The van der Waals surface area contributed by atoms with Gasteiger partial charge in [0.15, 0.2) is 6.61 Å². The van der Waals surface area contributed by atoms with Crippen LogP contribution in [-0.4, -0.2) is 24.5 Å². The van der Waals surface area contributed by atoms with E-state index in [4.69, 9.17) is 4.74 Å². The number of halogens is 2. The Morgan fingerprint density at radius 2 is 1.88 bits per heavy atom. The summed E-state index contributed by atoms with van der Waals surface area (Å²) < 4.78 is 7.16. The maximum absolute atomic E-state index is 12.1. The minimum absolute atomic E-state index is 0.0449. The van der Waals surface area contributed by atoms with E-state index >= 15 is 0 Å². The summed E-state index contributed by atoms with van der Waals surface area (Å²) in [6, 6.07) is 12.2. The molecule has 132 valence electrons. The van der Waals surface area contributed by atoms with Crippen molar-refractivity contribution < 1.29 is 14.3 Å². The molecule has 0 spiro atoms. The van der Waals surface area contributed by atoms with Crippen molar-refractivity contribution in [2.45, 2.75) is 19.9 Å². The summed E-state index contributed by atoms with van der Waals surface area (Å²) in [6.45, 7) is 3.64. The zero-order valence-corrected chi connectivity index (χ0v) is 17.0. The number of ether oxygens (including phenoxy) is 1. The second-order valence-corrected chi connectivity index (χ2v) is 7.39. The first kappa shape index (κ1) is 19.5. The molecule has 0 aliphatic rings. The fraction of sp³-hybridized carbons (Fsp3) is 0.222. The summed E-state index contributed by atoms with van der Waals surface area (Å²) in [5.41, 5.74) is 1.03. The Bertz CT molecular complexity index is 779. The average Bonchev–Trinajstić information content (AvgIpc) is 2.53. The average molecular weight is 470 g/mol. The molecule has 0 atom stereocenters. The van der Waals surface area contributed by atoms with Crippen molar-refractivity contribution in [3.8, 4) is 5.75 Å². The standard InChI is InChI=1S/C18H18Br2N2O3/c1-11(2)21-18(24)12-4-3-5-14(8-12)22-17(23)10-25-16-7-6-13(19)9-15(16)20/h3-9,11H,10H2,1-2H3,(H,21,24)(H,22,23). The number of anilines is 1. The first-order valence-corrected chi connectivity index (χ1v) is 9.22. The highest BCUT2D eigenvalue weighted by Gasteiger charge is 2.10. The van der Waals surface area contributed by atoms with Gasteiger partial charge >= 0.3 is 0 Å². The molecule has 0 saturated heterocycles. The Labute approximate surface area is 163 Å². The number of carbonyl (C=O) groups excluding carboxylic acids is 2. The van der Waals surface area contributed by atoms with Gasteiger partial charge in [0.2, 0.25) is 0 Å². The Morgan fingerprint density at radius 1 is 1.12 bits per heavy atom. The van der Waals surface area contributed by atoms with Crippen LogP contribution in [0.1, 0.15) is 24.2 Å². The largest absolute Gasteiger partial charge is 0.483 e. The van der Waals surface area contributed by atoms with Crippen LogP contribution in [0.5, 0.6) is 5.75 Å². The number of hydrogen-bond acceptors (Lipinski definition) is 3. The maximum Gasteiger partial charge on any atom is 0.262 e. The van der Waals surface area contributed by atoms with Gasteiger partial charge in [0.25, 0.3) is 11.8 Å². The van der Waals surface area contributed by atoms with Crippen molar-refractivity contribution in [3.63, 3.8) is 0 Å². The number of rotatable bonds is 6. The van der Waals surface area contributed by atoms with Crippen LogP contribution >= 0.6 is 31.9 Å². The van der Waals surface area contributed by atoms with Crippen molar-refractivity contribution in [3.05, 3.63) is 57.0 Å². The molecule has 25 heavy (non-hydrogen) atoms. The maximum atomic E-state index is 12.1. The quantitative estimate of drug-likeness (QED) is 0.660. The fourth-order valence-electron chi connectivity index (χ4n) is 2.02. The fourth-order valence-corrected chi connectivity index (χ4v) is 3.18. The van der Waals surface area contributed by atoms with Crippen LogP contribution < -0.4 is 15.4 Å². The van der Waals surface area contributed by atoms with Gasteiger partial charge in [-0.25, -0.2) is 0 Å². The summed E-state index contributed by atoms with van der Waals surface area (Å²) in [5, 5.41) is 5.53. The highest BCUT2D eigenvalue weighted by Crippen LogP contribution is 2.28. The van der Waals surface area contributed by atoms with Gasteiger partial charge in [0.05, 0.1) is 4.47 Å². The molecule has 2 rings (SSSR count). The van der Waals surface area contributed by atoms with Crippen LogP contribution in [0, 0.1) is 0 Å².